The highest BCUT2D eigenvalue weighted by atomic mass is 16.7. The van der Waals surface area contributed by atoms with Crippen LogP contribution >= 0.6 is 0 Å². The first-order chi connectivity index (χ1) is 15.7. The lowest BCUT2D eigenvalue weighted by Crippen LogP contribution is -2.60. The van der Waals surface area contributed by atoms with Crippen molar-refractivity contribution in [3.8, 4) is 23.0 Å². The minimum atomic E-state index is -2.23. The topological polar surface area (TPSA) is 151 Å². The second-order valence-electron chi connectivity index (χ2n) is 9.21. The number of hydrogen-bond acceptors (Lipinski definition) is 9. The van der Waals surface area contributed by atoms with E-state index in [9.17, 15) is 34.8 Å². The number of carbonyl (C=O) groups is 3. The monoisotopic (exact) mass is 470 g/mol. The SMILES string of the molecule is CC(=O)c1cc(C)c(O)c(C[C@@]23Cc4c(O)c(C(C)=O)cc(C)c4O[C@]2(O)[C@H](C)OC3=O)c1O. The number of Topliss-reactive ketones (excluding diaryl/α,β-unsaturated/α-hetero) is 2. The number of benzene rings is 2. The molecule has 2 heterocycles. The standard InChI is InChI=1S/C25H26O9/c1-10-6-15(12(3)26)20(29)17(19(10)28)8-24-9-18-21(30)16(13(4)27)7-11(2)22(18)34-25(24,32)14(5)33-23(24)31/h6-7,14,28-30,32H,8-9H2,1-5H3/t14-,24-,25+/m0/s1. The third-order valence-electron chi connectivity index (χ3n) is 6.98. The Kier molecular flexibility index (Phi) is 5.17. The quantitative estimate of drug-likeness (QED) is 0.390. The Morgan fingerprint density at radius 2 is 1.56 bits per heavy atom. The molecule has 1 fully saturated rings. The van der Waals surface area contributed by atoms with Gasteiger partial charge in [0, 0.05) is 24.0 Å². The molecule has 0 radical (unpaired) electrons. The molecular weight excluding hydrogens is 444 g/mol. The molecule has 2 aliphatic rings. The summed E-state index contributed by atoms with van der Waals surface area (Å²) in [5.74, 6) is -5.11. The van der Waals surface area contributed by atoms with Gasteiger partial charge in [0.2, 0.25) is 0 Å². The highest BCUT2D eigenvalue weighted by Crippen LogP contribution is 2.57. The second kappa shape index (κ2) is 7.46. The lowest BCUT2D eigenvalue weighted by Gasteiger charge is -2.44. The number of aromatic hydroxyl groups is 3. The molecular formula is C25H26O9. The van der Waals surface area contributed by atoms with Crippen molar-refractivity contribution in [3.05, 3.63) is 45.5 Å². The van der Waals surface area contributed by atoms with Crippen molar-refractivity contribution in [1.82, 2.24) is 0 Å². The number of aryl methyl sites for hydroxylation is 2. The zero-order chi connectivity index (χ0) is 25.3. The van der Waals surface area contributed by atoms with Gasteiger partial charge in [-0.25, -0.2) is 0 Å². The van der Waals surface area contributed by atoms with E-state index in [2.05, 4.69) is 0 Å². The maximum atomic E-state index is 13.3. The van der Waals surface area contributed by atoms with Crippen LogP contribution in [0.4, 0.5) is 0 Å². The number of fused-ring (bicyclic) bond motifs is 2. The number of ether oxygens (including phenoxy) is 2. The fraction of sp³-hybridized carbons (Fsp3) is 0.400. The zero-order valence-electron chi connectivity index (χ0n) is 19.5. The third kappa shape index (κ3) is 3.00. The van der Waals surface area contributed by atoms with Gasteiger partial charge in [-0.15, -0.1) is 0 Å². The molecule has 9 nitrogen and oxygen atoms in total. The lowest BCUT2D eigenvalue weighted by atomic mass is 9.67. The van der Waals surface area contributed by atoms with Gasteiger partial charge in [-0.3, -0.25) is 14.4 Å². The average molecular weight is 470 g/mol. The van der Waals surface area contributed by atoms with Crippen molar-refractivity contribution in [2.24, 2.45) is 5.41 Å². The predicted octanol–water partition coefficient (Wildman–Crippen LogP) is 2.62. The molecule has 0 amide bonds. The van der Waals surface area contributed by atoms with Crippen molar-refractivity contribution >= 4 is 17.5 Å². The van der Waals surface area contributed by atoms with E-state index >= 15 is 0 Å². The van der Waals surface area contributed by atoms with Gasteiger partial charge in [-0.05, 0) is 57.9 Å². The Morgan fingerprint density at radius 1 is 1.00 bits per heavy atom. The molecule has 34 heavy (non-hydrogen) atoms. The van der Waals surface area contributed by atoms with Crippen LogP contribution in [0.1, 0.15) is 63.7 Å². The predicted molar refractivity (Wildman–Crippen MR) is 118 cm³/mol. The van der Waals surface area contributed by atoms with Crippen molar-refractivity contribution in [1.29, 1.82) is 0 Å². The largest absolute Gasteiger partial charge is 0.507 e. The van der Waals surface area contributed by atoms with Crippen molar-refractivity contribution < 1.29 is 44.3 Å². The van der Waals surface area contributed by atoms with Crippen molar-refractivity contribution in [2.75, 3.05) is 0 Å². The molecule has 0 aromatic heterocycles. The molecule has 0 aliphatic carbocycles. The number of aliphatic hydroxyl groups is 1. The number of rotatable bonds is 4. The van der Waals surface area contributed by atoms with Crippen LogP contribution in [-0.4, -0.2) is 49.9 Å². The van der Waals surface area contributed by atoms with Gasteiger partial charge in [0.25, 0.3) is 5.79 Å². The number of ketones is 2. The van der Waals surface area contributed by atoms with E-state index in [1.54, 1.807) is 6.92 Å². The Bertz CT molecular complexity index is 1280. The van der Waals surface area contributed by atoms with Crippen LogP contribution in [0.3, 0.4) is 0 Å². The molecule has 0 bridgehead atoms. The van der Waals surface area contributed by atoms with Crippen LogP contribution in [0.15, 0.2) is 12.1 Å². The van der Waals surface area contributed by atoms with Gasteiger partial charge in [0.1, 0.15) is 28.4 Å². The smallest absolute Gasteiger partial charge is 0.320 e. The Hall–Kier alpha value is -3.59. The lowest BCUT2D eigenvalue weighted by molar-refractivity contribution is -0.228. The van der Waals surface area contributed by atoms with Gasteiger partial charge in [-0.1, -0.05) is 0 Å². The van der Waals surface area contributed by atoms with Gasteiger partial charge in [-0.2, -0.15) is 0 Å². The number of carbonyl (C=O) groups excluding carboxylic acids is 3. The molecule has 0 spiro atoms. The van der Waals surface area contributed by atoms with Crippen LogP contribution in [0, 0.1) is 19.3 Å². The fourth-order valence-corrected chi connectivity index (χ4v) is 5.02. The molecule has 3 atom stereocenters. The van der Waals surface area contributed by atoms with Crippen LogP contribution in [-0.2, 0) is 22.4 Å². The molecule has 4 N–H and O–H groups in total. The van der Waals surface area contributed by atoms with Gasteiger partial charge in [0.05, 0.1) is 11.1 Å². The molecule has 2 aromatic rings. The fourth-order valence-electron chi connectivity index (χ4n) is 5.02. The Labute approximate surface area is 195 Å². The van der Waals surface area contributed by atoms with E-state index in [1.165, 1.54) is 39.8 Å². The number of hydrogen-bond donors (Lipinski definition) is 4. The van der Waals surface area contributed by atoms with Gasteiger partial charge in [0.15, 0.2) is 17.7 Å². The molecule has 0 unspecified atom stereocenters. The molecule has 180 valence electrons. The maximum Gasteiger partial charge on any atom is 0.320 e. The van der Waals surface area contributed by atoms with E-state index in [1.807, 2.05) is 0 Å². The van der Waals surface area contributed by atoms with E-state index in [0.717, 1.165) is 0 Å². The Morgan fingerprint density at radius 3 is 2.15 bits per heavy atom. The number of phenols is 3. The Balaban J connectivity index is 1.98. The number of cyclic esters (lactones) is 1. The van der Waals surface area contributed by atoms with E-state index in [-0.39, 0.29) is 51.5 Å². The first kappa shape index (κ1) is 23.6. The summed E-state index contributed by atoms with van der Waals surface area (Å²) >= 11 is 0. The summed E-state index contributed by atoms with van der Waals surface area (Å²) in [5, 5.41) is 44.1. The highest BCUT2D eigenvalue weighted by Gasteiger charge is 2.71. The molecule has 2 aliphatic heterocycles. The molecule has 9 heteroatoms. The van der Waals surface area contributed by atoms with Crippen molar-refractivity contribution in [2.45, 2.75) is 59.4 Å². The minimum absolute atomic E-state index is 0.0277. The zero-order valence-corrected chi connectivity index (χ0v) is 19.5. The summed E-state index contributed by atoms with van der Waals surface area (Å²) in [6, 6.07) is 2.77. The highest BCUT2D eigenvalue weighted by molar-refractivity contribution is 5.99. The van der Waals surface area contributed by atoms with E-state index in [0.29, 0.717) is 5.56 Å². The first-order valence-electron chi connectivity index (χ1n) is 10.8. The number of phenolic OH excluding ortho intramolecular Hbond substituents is 3. The van der Waals surface area contributed by atoms with Crippen LogP contribution in [0.2, 0.25) is 0 Å². The number of esters is 1. The van der Waals surface area contributed by atoms with Crippen LogP contribution in [0.5, 0.6) is 23.0 Å². The summed E-state index contributed by atoms with van der Waals surface area (Å²) in [5.41, 5.74) is -1.20. The molecule has 1 saturated heterocycles. The third-order valence-corrected chi connectivity index (χ3v) is 6.98. The van der Waals surface area contributed by atoms with Gasteiger partial charge < -0.3 is 29.9 Å². The minimum Gasteiger partial charge on any atom is -0.507 e. The molecule has 4 rings (SSSR count). The van der Waals surface area contributed by atoms with Crippen LogP contribution < -0.4 is 4.74 Å². The summed E-state index contributed by atoms with van der Waals surface area (Å²) in [7, 11) is 0. The molecule has 2 aromatic carbocycles. The molecule has 0 saturated carbocycles. The van der Waals surface area contributed by atoms with Crippen molar-refractivity contribution in [3.63, 3.8) is 0 Å². The van der Waals surface area contributed by atoms with Gasteiger partial charge >= 0.3 is 5.97 Å². The summed E-state index contributed by atoms with van der Waals surface area (Å²) < 4.78 is 11.3. The second-order valence-corrected chi connectivity index (χ2v) is 9.21. The van der Waals surface area contributed by atoms with Crippen LogP contribution in [0.25, 0.3) is 0 Å². The van der Waals surface area contributed by atoms with E-state index < -0.39 is 47.0 Å². The summed E-state index contributed by atoms with van der Waals surface area (Å²) in [6.07, 6.45) is -1.91. The normalized spacial score (nSPS) is 25.2. The maximum absolute atomic E-state index is 13.3. The van der Waals surface area contributed by atoms with E-state index in [4.69, 9.17) is 9.47 Å². The first-order valence-corrected chi connectivity index (χ1v) is 10.8. The average Bonchev–Trinajstić information content (AvgIpc) is 2.94. The summed E-state index contributed by atoms with van der Waals surface area (Å²) in [4.78, 5) is 37.4. The summed E-state index contributed by atoms with van der Waals surface area (Å²) in [6.45, 7) is 7.15.